The monoisotopic (exact) mass is 374 g/mol. The Kier molecular flexibility index (Phi) is 5.87. The van der Waals surface area contributed by atoms with Crippen molar-refractivity contribution in [2.24, 2.45) is 0 Å². The summed E-state index contributed by atoms with van der Waals surface area (Å²) < 4.78 is 41.0. The first-order valence-corrected chi connectivity index (χ1v) is 8.27. The van der Waals surface area contributed by atoms with Gasteiger partial charge in [-0.2, -0.15) is 4.98 Å². The highest BCUT2D eigenvalue weighted by Gasteiger charge is 2.14. The maximum Gasteiger partial charge on any atom is 0.225 e. The fourth-order valence-electron chi connectivity index (χ4n) is 2.42. The fourth-order valence-corrected chi connectivity index (χ4v) is 2.42. The minimum Gasteiger partial charge on any atom is -0.396 e. The fraction of sp³-hybridized carbons (Fsp3) is 0.158. The van der Waals surface area contributed by atoms with Crippen LogP contribution in [0.15, 0.2) is 48.5 Å². The van der Waals surface area contributed by atoms with Gasteiger partial charge in [0.2, 0.25) is 5.95 Å². The van der Waals surface area contributed by atoms with Gasteiger partial charge in [-0.15, -0.1) is 0 Å². The molecule has 0 aliphatic rings. The summed E-state index contributed by atoms with van der Waals surface area (Å²) >= 11 is 0. The van der Waals surface area contributed by atoms with Gasteiger partial charge in [0.15, 0.2) is 11.6 Å². The molecule has 0 aliphatic carbocycles. The van der Waals surface area contributed by atoms with Crippen LogP contribution in [0.25, 0.3) is 11.3 Å². The van der Waals surface area contributed by atoms with E-state index in [2.05, 4.69) is 20.6 Å². The molecule has 1 heterocycles. The van der Waals surface area contributed by atoms with Gasteiger partial charge in [-0.1, -0.05) is 30.3 Å². The van der Waals surface area contributed by atoms with Crippen LogP contribution in [-0.4, -0.2) is 28.2 Å². The molecule has 8 heteroatoms. The van der Waals surface area contributed by atoms with Crippen molar-refractivity contribution in [1.29, 1.82) is 0 Å². The van der Waals surface area contributed by atoms with Crippen LogP contribution in [-0.2, 0) is 0 Å². The molecule has 0 radical (unpaired) electrons. The Labute approximate surface area is 153 Å². The first kappa shape index (κ1) is 18.7. The van der Waals surface area contributed by atoms with Crippen molar-refractivity contribution in [1.82, 2.24) is 9.97 Å². The Morgan fingerprint density at radius 3 is 2.30 bits per heavy atom. The predicted molar refractivity (Wildman–Crippen MR) is 97.3 cm³/mol. The summed E-state index contributed by atoms with van der Waals surface area (Å²) in [5, 5.41) is 14.4. The lowest BCUT2D eigenvalue weighted by Crippen LogP contribution is -2.09. The van der Waals surface area contributed by atoms with Gasteiger partial charge in [0.05, 0.1) is 5.69 Å². The number of nitrogens with zero attached hydrogens (tertiary/aromatic N) is 2. The zero-order valence-electron chi connectivity index (χ0n) is 14.2. The molecule has 0 saturated heterocycles. The molecule has 1 aromatic heterocycles. The van der Waals surface area contributed by atoms with Crippen LogP contribution < -0.4 is 10.6 Å². The summed E-state index contributed by atoms with van der Waals surface area (Å²) in [7, 11) is 0. The molecule has 5 nitrogen and oxygen atoms in total. The van der Waals surface area contributed by atoms with Crippen LogP contribution in [0.3, 0.4) is 0 Å². The number of benzene rings is 2. The van der Waals surface area contributed by atoms with Gasteiger partial charge in [-0.05, 0) is 6.42 Å². The van der Waals surface area contributed by atoms with E-state index in [0.717, 1.165) is 5.56 Å². The second-order valence-corrected chi connectivity index (χ2v) is 5.70. The van der Waals surface area contributed by atoms with E-state index in [1.54, 1.807) is 0 Å². The third-order valence-corrected chi connectivity index (χ3v) is 3.67. The lowest BCUT2D eigenvalue weighted by molar-refractivity contribution is 0.292. The summed E-state index contributed by atoms with van der Waals surface area (Å²) in [4.78, 5) is 8.57. The van der Waals surface area contributed by atoms with Gasteiger partial charge >= 0.3 is 0 Å². The molecular formula is C19H17F3N4O. The average molecular weight is 374 g/mol. The standard InChI is InChI=1S/C19H17F3N4O/c20-13-9-14(21)18(15(22)10-13)25-17-11-16(12-5-2-1-3-6-12)24-19(26-17)23-7-4-8-27/h1-3,5-6,9-11,27H,4,7-8H2,(H2,23,24,25,26). The second-order valence-electron chi connectivity index (χ2n) is 5.70. The number of nitrogens with one attached hydrogen (secondary N) is 2. The zero-order chi connectivity index (χ0) is 19.2. The van der Waals surface area contributed by atoms with Crippen molar-refractivity contribution in [3.63, 3.8) is 0 Å². The van der Waals surface area contributed by atoms with Gasteiger partial charge in [0.1, 0.15) is 17.3 Å². The van der Waals surface area contributed by atoms with Crippen molar-refractivity contribution >= 4 is 17.5 Å². The number of anilines is 3. The third kappa shape index (κ3) is 4.73. The van der Waals surface area contributed by atoms with Crippen LogP contribution in [0.5, 0.6) is 0 Å². The number of aliphatic hydroxyl groups is 1. The van der Waals surface area contributed by atoms with Gasteiger partial charge in [0, 0.05) is 36.9 Å². The van der Waals surface area contributed by atoms with E-state index in [1.807, 2.05) is 30.3 Å². The number of hydrogen-bond acceptors (Lipinski definition) is 5. The van der Waals surface area contributed by atoms with Gasteiger partial charge in [-0.25, -0.2) is 18.2 Å². The maximum atomic E-state index is 13.9. The molecule has 0 unspecified atom stereocenters. The first-order chi connectivity index (χ1) is 13.1. The van der Waals surface area contributed by atoms with Crippen molar-refractivity contribution in [2.75, 3.05) is 23.8 Å². The lowest BCUT2D eigenvalue weighted by Gasteiger charge is -2.12. The maximum absolute atomic E-state index is 13.9. The molecule has 27 heavy (non-hydrogen) atoms. The van der Waals surface area contributed by atoms with Gasteiger partial charge in [0.25, 0.3) is 0 Å². The summed E-state index contributed by atoms with van der Waals surface area (Å²) in [5.41, 5.74) is 0.811. The molecule has 0 spiro atoms. The van der Waals surface area contributed by atoms with Gasteiger partial charge in [-0.3, -0.25) is 0 Å². The molecule has 0 bridgehead atoms. The van der Waals surface area contributed by atoms with E-state index in [9.17, 15) is 13.2 Å². The summed E-state index contributed by atoms with van der Waals surface area (Å²) in [6.45, 7) is 0.427. The second kappa shape index (κ2) is 8.50. The molecule has 0 saturated carbocycles. The summed E-state index contributed by atoms with van der Waals surface area (Å²) in [5.74, 6) is -2.77. The smallest absolute Gasteiger partial charge is 0.225 e. The van der Waals surface area contributed by atoms with Crippen molar-refractivity contribution in [2.45, 2.75) is 6.42 Å². The Morgan fingerprint density at radius 2 is 1.63 bits per heavy atom. The molecule has 3 rings (SSSR count). The molecule has 0 aliphatic heterocycles. The Morgan fingerprint density at radius 1 is 0.926 bits per heavy atom. The van der Waals surface area contributed by atoms with E-state index < -0.39 is 23.1 Å². The largest absolute Gasteiger partial charge is 0.396 e. The minimum absolute atomic E-state index is 0.00247. The topological polar surface area (TPSA) is 70.1 Å². The molecule has 140 valence electrons. The molecule has 3 N–H and O–H groups in total. The van der Waals surface area contributed by atoms with E-state index in [-0.39, 0.29) is 18.4 Å². The van der Waals surface area contributed by atoms with Crippen LogP contribution in [0.1, 0.15) is 6.42 Å². The highest BCUT2D eigenvalue weighted by Crippen LogP contribution is 2.27. The molecule has 0 fully saturated rings. The number of halogens is 3. The average Bonchev–Trinajstić information content (AvgIpc) is 2.65. The third-order valence-electron chi connectivity index (χ3n) is 3.67. The van der Waals surface area contributed by atoms with E-state index >= 15 is 0 Å². The quantitative estimate of drug-likeness (QED) is 0.543. The highest BCUT2D eigenvalue weighted by molar-refractivity contribution is 5.67. The van der Waals surface area contributed by atoms with Crippen LogP contribution in [0, 0.1) is 17.5 Å². The van der Waals surface area contributed by atoms with Crippen LogP contribution >= 0.6 is 0 Å². The molecule has 2 aromatic carbocycles. The minimum atomic E-state index is -1.07. The van der Waals surface area contributed by atoms with Crippen LogP contribution in [0.4, 0.5) is 30.6 Å². The number of aromatic nitrogens is 2. The molecule has 0 atom stereocenters. The first-order valence-electron chi connectivity index (χ1n) is 8.27. The van der Waals surface area contributed by atoms with Crippen molar-refractivity contribution in [3.8, 4) is 11.3 Å². The Bertz CT molecular complexity index is 899. The number of hydrogen-bond donors (Lipinski definition) is 3. The van der Waals surface area contributed by atoms with Crippen molar-refractivity contribution < 1.29 is 18.3 Å². The zero-order valence-corrected chi connectivity index (χ0v) is 14.2. The normalized spacial score (nSPS) is 10.7. The number of rotatable bonds is 7. The lowest BCUT2D eigenvalue weighted by atomic mass is 10.1. The molecule has 3 aromatic rings. The Hall–Kier alpha value is -3.13. The number of aliphatic hydroxyl groups excluding tert-OH is 1. The van der Waals surface area contributed by atoms with E-state index in [4.69, 9.17) is 5.11 Å². The molecule has 0 amide bonds. The van der Waals surface area contributed by atoms with E-state index in [1.165, 1.54) is 6.07 Å². The summed E-state index contributed by atoms with van der Waals surface area (Å²) in [6, 6.07) is 11.9. The Balaban J connectivity index is 1.97. The van der Waals surface area contributed by atoms with E-state index in [0.29, 0.717) is 30.8 Å². The van der Waals surface area contributed by atoms with Gasteiger partial charge < -0.3 is 15.7 Å². The molecular weight excluding hydrogens is 357 g/mol. The predicted octanol–water partition coefficient (Wildman–Crippen LogP) is 4.10. The van der Waals surface area contributed by atoms with Crippen molar-refractivity contribution in [3.05, 3.63) is 66.0 Å². The summed E-state index contributed by atoms with van der Waals surface area (Å²) in [6.07, 6.45) is 0.489. The SMILES string of the molecule is OCCCNc1nc(Nc2c(F)cc(F)cc2F)cc(-c2ccccc2)n1. The highest BCUT2D eigenvalue weighted by atomic mass is 19.1. The van der Waals surface area contributed by atoms with Crippen LogP contribution in [0.2, 0.25) is 0 Å².